The first-order chi connectivity index (χ1) is 4.74. The summed E-state index contributed by atoms with van der Waals surface area (Å²) in [5.74, 6) is -0.173. The van der Waals surface area contributed by atoms with E-state index in [4.69, 9.17) is 10.5 Å². The minimum absolute atomic E-state index is 0.148. The van der Waals surface area contributed by atoms with Gasteiger partial charge in [0, 0.05) is 0 Å². The van der Waals surface area contributed by atoms with E-state index >= 15 is 0 Å². The molecular formula is C6H9NO3. The highest BCUT2D eigenvalue weighted by molar-refractivity contribution is 5.76. The van der Waals surface area contributed by atoms with Gasteiger partial charge in [-0.1, -0.05) is 0 Å². The number of carbonyl (C=O) groups is 1. The number of hydrogen-bond acceptors (Lipinski definition) is 4. The largest absolute Gasteiger partial charge is 0.464 e. The van der Waals surface area contributed by atoms with Gasteiger partial charge in [0.1, 0.15) is 5.70 Å². The maximum absolute atomic E-state index is 10.5. The second kappa shape index (κ2) is 2.60. The van der Waals surface area contributed by atoms with Gasteiger partial charge in [-0.3, -0.25) is 4.79 Å². The summed E-state index contributed by atoms with van der Waals surface area (Å²) in [4.78, 5) is 10.5. The third-order valence-corrected chi connectivity index (χ3v) is 1.08. The lowest BCUT2D eigenvalue weighted by molar-refractivity contribution is -0.140. The van der Waals surface area contributed by atoms with E-state index in [0.717, 1.165) is 0 Å². The Hall–Kier alpha value is -1.19. The summed E-state index contributed by atoms with van der Waals surface area (Å²) in [6.45, 7) is 2.26. The van der Waals surface area contributed by atoms with Gasteiger partial charge in [-0.05, 0) is 6.92 Å². The average molecular weight is 143 g/mol. The van der Waals surface area contributed by atoms with Crippen molar-refractivity contribution in [1.82, 2.24) is 0 Å². The molecule has 0 aromatic carbocycles. The maximum atomic E-state index is 10.5. The van der Waals surface area contributed by atoms with Crippen LogP contribution in [0.4, 0.5) is 0 Å². The van der Waals surface area contributed by atoms with Gasteiger partial charge in [0.2, 0.25) is 0 Å². The lowest BCUT2D eigenvalue weighted by Gasteiger charge is -2.01. The third-order valence-electron chi connectivity index (χ3n) is 1.08. The molecule has 0 unspecified atom stereocenters. The Morgan fingerprint density at radius 1 is 1.80 bits per heavy atom. The number of esters is 1. The van der Waals surface area contributed by atoms with Crippen LogP contribution in [0.15, 0.2) is 11.6 Å². The molecule has 0 aromatic rings. The van der Waals surface area contributed by atoms with E-state index in [2.05, 4.69) is 4.74 Å². The summed E-state index contributed by atoms with van der Waals surface area (Å²) in [6.07, 6.45) is 0.148. The first kappa shape index (κ1) is 6.92. The molecule has 0 fully saturated rings. The van der Waals surface area contributed by atoms with Crippen molar-refractivity contribution in [2.75, 3.05) is 6.61 Å². The van der Waals surface area contributed by atoms with Gasteiger partial charge in [-0.2, -0.15) is 0 Å². The van der Waals surface area contributed by atoms with Gasteiger partial charge in [-0.15, -0.1) is 0 Å². The molecule has 0 bridgehead atoms. The number of hydrogen-bond donors (Lipinski definition) is 1. The molecule has 2 N–H and O–H groups in total. The first-order valence-electron chi connectivity index (χ1n) is 3.06. The van der Waals surface area contributed by atoms with Gasteiger partial charge in [0.25, 0.3) is 0 Å². The molecule has 56 valence electrons. The number of cyclic esters (lactones) is 1. The van der Waals surface area contributed by atoms with Crippen molar-refractivity contribution in [3.63, 3.8) is 0 Å². The highest BCUT2D eigenvalue weighted by Gasteiger charge is 2.22. The highest BCUT2D eigenvalue weighted by Crippen LogP contribution is 2.16. The van der Waals surface area contributed by atoms with Crippen LogP contribution in [0.5, 0.6) is 0 Å². The van der Waals surface area contributed by atoms with Gasteiger partial charge >= 0.3 is 11.9 Å². The number of nitrogens with two attached hydrogens (primary N) is 1. The van der Waals surface area contributed by atoms with Crippen LogP contribution in [0.2, 0.25) is 0 Å². The Kier molecular flexibility index (Phi) is 1.80. The zero-order chi connectivity index (χ0) is 7.56. The number of ether oxygens (including phenoxy) is 2. The Morgan fingerprint density at radius 2 is 2.50 bits per heavy atom. The summed E-state index contributed by atoms with van der Waals surface area (Å²) in [5, 5.41) is 0. The van der Waals surface area contributed by atoms with E-state index in [1.54, 1.807) is 6.92 Å². The molecule has 0 amide bonds. The van der Waals surface area contributed by atoms with Gasteiger partial charge in [0.05, 0.1) is 13.0 Å². The van der Waals surface area contributed by atoms with Crippen LogP contribution in [0.3, 0.4) is 0 Å². The minimum atomic E-state index is -0.346. The SMILES string of the molecule is CCOC1=C(N)CC(=O)O1. The van der Waals surface area contributed by atoms with Gasteiger partial charge in [0.15, 0.2) is 0 Å². The van der Waals surface area contributed by atoms with Crippen molar-refractivity contribution < 1.29 is 14.3 Å². The molecule has 0 atom stereocenters. The molecule has 0 saturated heterocycles. The van der Waals surface area contributed by atoms with Crippen LogP contribution in [0.25, 0.3) is 0 Å². The Balaban J connectivity index is 2.57. The smallest absolute Gasteiger partial charge is 0.319 e. The molecule has 0 saturated carbocycles. The molecular weight excluding hydrogens is 134 g/mol. The molecule has 4 nitrogen and oxygen atoms in total. The van der Waals surface area contributed by atoms with E-state index in [1.807, 2.05) is 0 Å². The molecule has 1 aliphatic heterocycles. The highest BCUT2D eigenvalue weighted by atomic mass is 16.7. The topological polar surface area (TPSA) is 61.5 Å². The van der Waals surface area contributed by atoms with Crippen LogP contribution >= 0.6 is 0 Å². The second-order valence-electron chi connectivity index (χ2n) is 1.90. The molecule has 0 aliphatic carbocycles. The van der Waals surface area contributed by atoms with Crippen molar-refractivity contribution in [2.45, 2.75) is 13.3 Å². The van der Waals surface area contributed by atoms with Crippen LogP contribution in [-0.2, 0) is 14.3 Å². The van der Waals surface area contributed by atoms with Crippen LogP contribution in [0.1, 0.15) is 13.3 Å². The molecule has 4 heteroatoms. The van der Waals surface area contributed by atoms with Crippen molar-refractivity contribution in [3.05, 3.63) is 11.6 Å². The summed E-state index contributed by atoms with van der Waals surface area (Å²) >= 11 is 0. The van der Waals surface area contributed by atoms with Crippen molar-refractivity contribution >= 4 is 5.97 Å². The summed E-state index contributed by atoms with van der Waals surface area (Å²) in [6, 6.07) is 0. The first-order valence-corrected chi connectivity index (χ1v) is 3.06. The van der Waals surface area contributed by atoms with Crippen molar-refractivity contribution in [2.24, 2.45) is 5.73 Å². The van der Waals surface area contributed by atoms with Gasteiger partial charge < -0.3 is 15.2 Å². The molecule has 1 heterocycles. The van der Waals surface area contributed by atoms with Crippen LogP contribution < -0.4 is 5.73 Å². The summed E-state index contributed by atoms with van der Waals surface area (Å²) in [5.41, 5.74) is 5.75. The van der Waals surface area contributed by atoms with Crippen LogP contribution in [0, 0.1) is 0 Å². The van der Waals surface area contributed by atoms with E-state index in [9.17, 15) is 4.79 Å². The normalized spacial score (nSPS) is 17.5. The summed E-state index contributed by atoms with van der Waals surface area (Å²) < 4.78 is 9.50. The number of rotatable bonds is 2. The molecule has 0 spiro atoms. The van der Waals surface area contributed by atoms with Crippen molar-refractivity contribution in [1.29, 1.82) is 0 Å². The van der Waals surface area contributed by atoms with Crippen LogP contribution in [-0.4, -0.2) is 12.6 Å². The zero-order valence-corrected chi connectivity index (χ0v) is 5.72. The quantitative estimate of drug-likeness (QED) is 0.557. The Labute approximate surface area is 58.6 Å². The summed E-state index contributed by atoms with van der Waals surface area (Å²) in [7, 11) is 0. The van der Waals surface area contributed by atoms with E-state index in [1.165, 1.54) is 0 Å². The third kappa shape index (κ3) is 1.21. The fraction of sp³-hybridized carbons (Fsp3) is 0.500. The fourth-order valence-corrected chi connectivity index (χ4v) is 0.686. The monoisotopic (exact) mass is 143 g/mol. The Bertz CT molecular complexity index is 185. The van der Waals surface area contributed by atoms with Crippen molar-refractivity contribution in [3.8, 4) is 0 Å². The predicted molar refractivity (Wildman–Crippen MR) is 33.5 cm³/mol. The van der Waals surface area contributed by atoms with E-state index < -0.39 is 0 Å². The minimum Gasteiger partial charge on any atom is -0.464 e. The molecule has 0 aromatic heterocycles. The lowest BCUT2D eigenvalue weighted by atomic mass is 10.4. The molecule has 1 aliphatic rings. The van der Waals surface area contributed by atoms with E-state index in [-0.39, 0.29) is 18.3 Å². The molecule has 10 heavy (non-hydrogen) atoms. The van der Waals surface area contributed by atoms with Gasteiger partial charge in [-0.25, -0.2) is 0 Å². The maximum Gasteiger partial charge on any atom is 0.319 e. The number of carbonyl (C=O) groups excluding carboxylic acids is 1. The Morgan fingerprint density at radius 3 is 2.90 bits per heavy atom. The molecule has 0 radical (unpaired) electrons. The predicted octanol–water partition coefficient (Wildman–Crippen LogP) is 0.0976. The molecule has 1 rings (SSSR count). The zero-order valence-electron chi connectivity index (χ0n) is 5.72. The standard InChI is InChI=1S/C6H9NO3/c1-2-9-6-4(7)3-5(8)10-6/h2-3,7H2,1H3. The fourth-order valence-electron chi connectivity index (χ4n) is 0.686. The average Bonchev–Trinajstić information content (AvgIpc) is 2.13. The second-order valence-corrected chi connectivity index (χ2v) is 1.90. The van der Waals surface area contributed by atoms with E-state index in [0.29, 0.717) is 12.3 Å². The lowest BCUT2D eigenvalue weighted by Crippen LogP contribution is -1.99.